The van der Waals surface area contributed by atoms with Crippen LogP contribution in [0.3, 0.4) is 0 Å². The van der Waals surface area contributed by atoms with Crippen LogP contribution >= 0.6 is 0 Å². The van der Waals surface area contributed by atoms with Gasteiger partial charge in [-0.25, -0.2) is 31.4 Å². The Morgan fingerprint density at radius 2 is 1.68 bits per heavy atom. The summed E-state index contributed by atoms with van der Waals surface area (Å²) >= 11 is 0. The van der Waals surface area contributed by atoms with Crippen molar-refractivity contribution in [2.24, 2.45) is 5.14 Å². The van der Waals surface area contributed by atoms with Crippen LogP contribution in [0.2, 0.25) is 0 Å². The number of halogens is 6. The second-order valence-electron chi connectivity index (χ2n) is 5.58. The van der Waals surface area contributed by atoms with Crippen LogP contribution < -0.4 is 5.14 Å². The SMILES string of the molecule is NS(=O)(=O)c1cc(-c2c(F)ccc(F)c2F)cc(C(F)(F)F)c1-n1cccn1. The predicted octanol–water partition coefficient (Wildman–Crippen LogP) is 3.62. The van der Waals surface area contributed by atoms with E-state index in [1.54, 1.807) is 0 Å². The number of hydrogen-bond acceptors (Lipinski definition) is 3. The average molecular weight is 421 g/mol. The van der Waals surface area contributed by atoms with Crippen molar-refractivity contribution in [3.8, 4) is 16.8 Å². The van der Waals surface area contributed by atoms with E-state index in [9.17, 15) is 34.8 Å². The zero-order valence-corrected chi connectivity index (χ0v) is 14.3. The molecule has 3 aromatic rings. The van der Waals surface area contributed by atoms with Crippen LogP contribution in [0.15, 0.2) is 47.6 Å². The molecule has 1 aromatic heterocycles. The number of nitrogens with zero attached hydrogens (tertiary/aromatic N) is 2. The van der Waals surface area contributed by atoms with E-state index in [1.807, 2.05) is 0 Å². The lowest BCUT2D eigenvalue weighted by molar-refractivity contribution is -0.137. The Morgan fingerprint density at radius 3 is 2.21 bits per heavy atom. The van der Waals surface area contributed by atoms with Crippen LogP contribution in [0, 0.1) is 17.5 Å². The first-order chi connectivity index (χ1) is 12.9. The summed E-state index contributed by atoms with van der Waals surface area (Å²) in [6, 6.07) is 3.00. The highest BCUT2D eigenvalue weighted by molar-refractivity contribution is 7.89. The Kier molecular flexibility index (Phi) is 4.71. The van der Waals surface area contributed by atoms with Crippen molar-refractivity contribution in [2.45, 2.75) is 11.1 Å². The third-order valence-electron chi connectivity index (χ3n) is 3.75. The smallest absolute Gasteiger partial charge is 0.239 e. The molecule has 0 bridgehead atoms. The van der Waals surface area contributed by atoms with Crippen LogP contribution in [0.1, 0.15) is 5.56 Å². The lowest BCUT2D eigenvalue weighted by Crippen LogP contribution is -2.20. The molecule has 0 saturated carbocycles. The maximum atomic E-state index is 14.1. The molecule has 0 fully saturated rings. The molecule has 1 heterocycles. The molecule has 148 valence electrons. The van der Waals surface area contributed by atoms with Gasteiger partial charge in [-0.3, -0.25) is 0 Å². The van der Waals surface area contributed by atoms with Gasteiger partial charge < -0.3 is 0 Å². The van der Waals surface area contributed by atoms with Gasteiger partial charge in [0.25, 0.3) is 0 Å². The fraction of sp³-hybridized carbons (Fsp3) is 0.0625. The minimum atomic E-state index is -5.16. The molecule has 0 amide bonds. The van der Waals surface area contributed by atoms with E-state index in [-0.39, 0.29) is 0 Å². The second kappa shape index (κ2) is 6.63. The second-order valence-corrected chi connectivity index (χ2v) is 7.11. The van der Waals surface area contributed by atoms with Crippen molar-refractivity contribution in [2.75, 3.05) is 0 Å². The van der Waals surface area contributed by atoms with Crippen LogP contribution in [-0.4, -0.2) is 18.2 Å². The third-order valence-corrected chi connectivity index (χ3v) is 4.68. The summed E-state index contributed by atoms with van der Waals surface area (Å²) in [5.74, 6) is -4.70. The van der Waals surface area contributed by atoms with Crippen LogP contribution in [0.4, 0.5) is 26.3 Å². The Hall–Kier alpha value is -2.86. The van der Waals surface area contributed by atoms with Gasteiger partial charge in [0.15, 0.2) is 11.6 Å². The van der Waals surface area contributed by atoms with Gasteiger partial charge >= 0.3 is 6.18 Å². The fourth-order valence-electron chi connectivity index (χ4n) is 2.61. The first-order valence-electron chi connectivity index (χ1n) is 7.33. The molecule has 28 heavy (non-hydrogen) atoms. The lowest BCUT2D eigenvalue weighted by Gasteiger charge is -2.18. The van der Waals surface area contributed by atoms with Crippen LogP contribution in [0.25, 0.3) is 16.8 Å². The minimum absolute atomic E-state index is 0.298. The zero-order chi connectivity index (χ0) is 20.9. The van der Waals surface area contributed by atoms with Crippen molar-refractivity contribution in [3.63, 3.8) is 0 Å². The number of aromatic nitrogens is 2. The van der Waals surface area contributed by atoms with Crippen molar-refractivity contribution < 1.29 is 34.8 Å². The van der Waals surface area contributed by atoms with Gasteiger partial charge in [-0.1, -0.05) is 0 Å². The number of rotatable bonds is 3. The van der Waals surface area contributed by atoms with Gasteiger partial charge in [-0.15, -0.1) is 0 Å². The van der Waals surface area contributed by atoms with Gasteiger partial charge in [0.05, 0.1) is 16.8 Å². The molecule has 0 saturated heterocycles. The van der Waals surface area contributed by atoms with E-state index in [0.717, 1.165) is 12.4 Å². The Morgan fingerprint density at radius 1 is 1.04 bits per heavy atom. The fourth-order valence-corrected chi connectivity index (χ4v) is 3.38. The van der Waals surface area contributed by atoms with E-state index in [2.05, 4.69) is 5.10 Å². The highest BCUT2D eigenvalue weighted by atomic mass is 32.2. The van der Waals surface area contributed by atoms with E-state index in [4.69, 9.17) is 5.14 Å². The number of sulfonamides is 1. The highest BCUT2D eigenvalue weighted by Crippen LogP contribution is 2.41. The summed E-state index contributed by atoms with van der Waals surface area (Å²) in [5.41, 5.74) is -4.56. The van der Waals surface area contributed by atoms with Gasteiger partial charge in [-0.2, -0.15) is 18.3 Å². The molecule has 0 atom stereocenters. The summed E-state index contributed by atoms with van der Waals surface area (Å²) in [6.45, 7) is 0. The van der Waals surface area contributed by atoms with E-state index >= 15 is 0 Å². The summed E-state index contributed by atoms with van der Waals surface area (Å²) < 4.78 is 107. The monoisotopic (exact) mass is 421 g/mol. The van der Waals surface area contributed by atoms with E-state index in [1.165, 1.54) is 6.07 Å². The van der Waals surface area contributed by atoms with Crippen LogP contribution in [0.5, 0.6) is 0 Å². The standard InChI is InChI=1S/C16H9F6N3O2S/c17-10-2-3-11(18)14(19)13(10)8-6-9(16(20,21)22)15(25-5-1-4-24-25)12(7-8)28(23,26)27/h1-7H,(H2,23,26,27). The highest BCUT2D eigenvalue weighted by Gasteiger charge is 2.38. The molecule has 2 aromatic carbocycles. The molecule has 0 aliphatic rings. The Labute approximate surface area is 154 Å². The maximum absolute atomic E-state index is 14.1. The third kappa shape index (κ3) is 3.47. The number of hydrogen-bond donors (Lipinski definition) is 1. The quantitative estimate of drug-likeness (QED) is 0.518. The van der Waals surface area contributed by atoms with Gasteiger partial charge in [0.1, 0.15) is 10.7 Å². The first-order valence-corrected chi connectivity index (χ1v) is 8.88. The molecular weight excluding hydrogens is 412 g/mol. The normalized spacial score (nSPS) is 12.4. The number of nitrogens with two attached hydrogens (primary N) is 1. The van der Waals surface area contributed by atoms with Crippen molar-refractivity contribution in [1.82, 2.24) is 9.78 Å². The van der Waals surface area contributed by atoms with E-state index < -0.39 is 60.9 Å². The Balaban J connectivity index is 2.49. The van der Waals surface area contributed by atoms with Crippen molar-refractivity contribution in [3.05, 3.63) is 65.7 Å². The molecule has 0 radical (unpaired) electrons. The molecule has 3 rings (SSSR count). The van der Waals surface area contributed by atoms with Gasteiger partial charge in [0.2, 0.25) is 10.0 Å². The van der Waals surface area contributed by atoms with Crippen molar-refractivity contribution in [1.29, 1.82) is 0 Å². The molecule has 2 N–H and O–H groups in total. The molecule has 0 unspecified atom stereocenters. The van der Waals surface area contributed by atoms with E-state index in [0.29, 0.717) is 28.9 Å². The summed E-state index contributed by atoms with van der Waals surface area (Å²) in [4.78, 5) is -1.09. The maximum Gasteiger partial charge on any atom is 0.418 e. The molecule has 5 nitrogen and oxygen atoms in total. The molecule has 0 aliphatic heterocycles. The lowest BCUT2D eigenvalue weighted by atomic mass is 10.00. The summed E-state index contributed by atoms with van der Waals surface area (Å²) in [7, 11) is -4.81. The van der Waals surface area contributed by atoms with Gasteiger partial charge in [0, 0.05) is 12.4 Å². The number of primary sulfonamides is 1. The topological polar surface area (TPSA) is 78.0 Å². The molecular formula is C16H9F6N3O2S. The summed E-state index contributed by atoms with van der Waals surface area (Å²) in [6.07, 6.45) is -3.04. The minimum Gasteiger partial charge on any atom is -0.239 e. The molecule has 0 aliphatic carbocycles. The van der Waals surface area contributed by atoms with Gasteiger partial charge in [-0.05, 0) is 35.9 Å². The van der Waals surface area contributed by atoms with Crippen molar-refractivity contribution >= 4 is 10.0 Å². The average Bonchev–Trinajstić information content (AvgIpc) is 3.10. The zero-order valence-electron chi connectivity index (χ0n) is 13.5. The predicted molar refractivity (Wildman–Crippen MR) is 85.2 cm³/mol. The molecule has 0 spiro atoms. The number of alkyl halides is 3. The Bertz CT molecular complexity index is 1160. The summed E-state index contributed by atoms with van der Waals surface area (Å²) in [5, 5.41) is 8.61. The number of benzene rings is 2. The first kappa shape index (κ1) is 19.9. The molecule has 12 heteroatoms. The van der Waals surface area contributed by atoms with Crippen LogP contribution in [-0.2, 0) is 16.2 Å². The largest absolute Gasteiger partial charge is 0.418 e.